The fourth-order valence-corrected chi connectivity index (χ4v) is 2.68. The number of halogens is 1. The number of methoxy groups -OCH3 is 1. The number of ether oxygens (including phenoxy) is 1. The fraction of sp³-hybridized carbons (Fsp3) is 0.571. The quantitative estimate of drug-likeness (QED) is 0.762. The highest BCUT2D eigenvalue weighted by Gasteiger charge is 2.23. The van der Waals surface area contributed by atoms with E-state index in [9.17, 15) is 5.11 Å². The zero-order valence-corrected chi connectivity index (χ0v) is 13.1. The van der Waals surface area contributed by atoms with Gasteiger partial charge < -0.3 is 15.6 Å². The number of aliphatic hydroxyl groups is 1. The van der Waals surface area contributed by atoms with Gasteiger partial charge in [0.2, 0.25) is 0 Å². The summed E-state index contributed by atoms with van der Waals surface area (Å²) in [5.74, 6) is 0. The molecule has 1 aromatic rings. The first kappa shape index (κ1) is 16.6. The molecule has 0 heterocycles. The molecular weight excluding hydrogens is 308 g/mol. The molecule has 0 saturated heterocycles. The first-order valence-electron chi connectivity index (χ1n) is 6.45. The number of hydrogen-bond acceptors (Lipinski definition) is 4. The van der Waals surface area contributed by atoms with Crippen molar-refractivity contribution in [2.45, 2.75) is 19.0 Å². The number of aliphatic hydroxyl groups excluding tert-OH is 1. The predicted molar refractivity (Wildman–Crippen MR) is 81.1 cm³/mol. The van der Waals surface area contributed by atoms with Crippen LogP contribution in [0.5, 0.6) is 0 Å². The van der Waals surface area contributed by atoms with Gasteiger partial charge in [0.15, 0.2) is 0 Å². The van der Waals surface area contributed by atoms with Crippen LogP contribution < -0.4 is 5.73 Å². The van der Waals surface area contributed by atoms with Crippen LogP contribution in [-0.2, 0) is 4.74 Å². The van der Waals surface area contributed by atoms with Crippen LogP contribution in [0.1, 0.15) is 18.5 Å². The molecule has 2 unspecified atom stereocenters. The van der Waals surface area contributed by atoms with Crippen LogP contribution in [0.25, 0.3) is 0 Å². The van der Waals surface area contributed by atoms with Crippen molar-refractivity contribution in [3.8, 4) is 0 Å². The van der Waals surface area contributed by atoms with Crippen molar-refractivity contribution in [1.82, 2.24) is 4.90 Å². The van der Waals surface area contributed by atoms with Gasteiger partial charge in [-0.3, -0.25) is 4.90 Å². The van der Waals surface area contributed by atoms with Crippen LogP contribution in [0.4, 0.5) is 0 Å². The molecule has 0 amide bonds. The lowest BCUT2D eigenvalue weighted by Gasteiger charge is -2.34. The highest BCUT2D eigenvalue weighted by atomic mass is 79.9. The van der Waals surface area contributed by atoms with E-state index in [2.05, 4.69) is 33.0 Å². The lowest BCUT2D eigenvalue weighted by atomic mass is 9.99. The van der Waals surface area contributed by atoms with Crippen molar-refractivity contribution < 1.29 is 9.84 Å². The minimum absolute atomic E-state index is 0.0299. The van der Waals surface area contributed by atoms with Crippen LogP contribution in [0.15, 0.2) is 28.7 Å². The lowest BCUT2D eigenvalue weighted by molar-refractivity contribution is 0.0928. The molecule has 5 heteroatoms. The Morgan fingerprint density at radius 1 is 1.42 bits per heavy atom. The van der Waals surface area contributed by atoms with Crippen LogP contribution in [0.3, 0.4) is 0 Å². The second-order valence-electron chi connectivity index (χ2n) is 4.61. The second-order valence-corrected chi connectivity index (χ2v) is 5.53. The monoisotopic (exact) mass is 330 g/mol. The van der Waals surface area contributed by atoms with Gasteiger partial charge in [0, 0.05) is 36.8 Å². The van der Waals surface area contributed by atoms with E-state index in [4.69, 9.17) is 10.5 Å². The van der Waals surface area contributed by atoms with Gasteiger partial charge in [-0.1, -0.05) is 28.1 Å². The lowest BCUT2D eigenvalue weighted by Crippen LogP contribution is -2.42. The second kappa shape index (κ2) is 8.66. The minimum atomic E-state index is -0.0299. The summed E-state index contributed by atoms with van der Waals surface area (Å²) in [5, 5.41) is 9.24. The molecule has 4 nitrogen and oxygen atoms in total. The zero-order valence-electron chi connectivity index (χ0n) is 11.6. The molecule has 0 bridgehead atoms. The molecule has 0 radical (unpaired) electrons. The molecule has 0 fully saturated rings. The molecule has 3 N–H and O–H groups in total. The van der Waals surface area contributed by atoms with Crippen LogP contribution in [0.2, 0.25) is 0 Å². The summed E-state index contributed by atoms with van der Waals surface area (Å²) < 4.78 is 6.17. The minimum Gasteiger partial charge on any atom is -0.395 e. The van der Waals surface area contributed by atoms with Gasteiger partial charge in [0.1, 0.15) is 0 Å². The molecule has 108 valence electrons. The van der Waals surface area contributed by atoms with Crippen molar-refractivity contribution in [1.29, 1.82) is 0 Å². The van der Waals surface area contributed by atoms with Gasteiger partial charge in [0.25, 0.3) is 0 Å². The summed E-state index contributed by atoms with van der Waals surface area (Å²) in [6.45, 7) is 4.05. The van der Waals surface area contributed by atoms with Gasteiger partial charge in [-0.15, -0.1) is 0 Å². The summed E-state index contributed by atoms with van der Waals surface area (Å²) in [6, 6.07) is 8.17. The molecule has 0 aliphatic rings. The van der Waals surface area contributed by atoms with Crippen molar-refractivity contribution in [2.75, 3.05) is 33.4 Å². The number of rotatable bonds is 8. The number of nitrogens with zero attached hydrogens (tertiary/aromatic N) is 1. The standard InChI is InChI=1S/C14H23BrN2O2/c1-11(16)14(12-4-3-5-13(15)10-12)17(6-8-18)7-9-19-2/h3-5,10-11,14,18H,6-9,16H2,1-2H3. The summed E-state index contributed by atoms with van der Waals surface area (Å²) in [5.41, 5.74) is 7.29. The third-order valence-corrected chi connectivity index (χ3v) is 3.54. The summed E-state index contributed by atoms with van der Waals surface area (Å²) >= 11 is 3.49. The normalized spacial score (nSPS) is 14.6. The van der Waals surface area contributed by atoms with Crippen LogP contribution in [-0.4, -0.2) is 49.5 Å². The van der Waals surface area contributed by atoms with Crippen molar-refractivity contribution in [3.05, 3.63) is 34.3 Å². The number of hydrogen-bond donors (Lipinski definition) is 2. The van der Waals surface area contributed by atoms with Gasteiger partial charge in [-0.25, -0.2) is 0 Å². The Bertz CT molecular complexity index is 374. The Morgan fingerprint density at radius 3 is 2.68 bits per heavy atom. The fourth-order valence-electron chi connectivity index (χ4n) is 2.26. The van der Waals surface area contributed by atoms with Gasteiger partial charge >= 0.3 is 0 Å². The van der Waals surface area contributed by atoms with E-state index < -0.39 is 0 Å². The van der Waals surface area contributed by atoms with Crippen molar-refractivity contribution in [2.24, 2.45) is 5.73 Å². The van der Waals surface area contributed by atoms with E-state index in [0.717, 1.165) is 16.6 Å². The summed E-state index contributed by atoms with van der Waals surface area (Å²) in [7, 11) is 1.68. The summed E-state index contributed by atoms with van der Waals surface area (Å²) in [4.78, 5) is 2.16. The maximum Gasteiger partial charge on any atom is 0.0589 e. The third kappa shape index (κ3) is 5.20. The highest BCUT2D eigenvalue weighted by molar-refractivity contribution is 9.10. The molecule has 1 rings (SSSR count). The maximum absolute atomic E-state index is 9.24. The Hall–Kier alpha value is -0.460. The Balaban J connectivity index is 2.95. The van der Waals surface area contributed by atoms with Crippen LogP contribution >= 0.6 is 15.9 Å². The molecule has 1 aromatic carbocycles. The van der Waals surface area contributed by atoms with Gasteiger partial charge in [-0.2, -0.15) is 0 Å². The van der Waals surface area contributed by atoms with E-state index in [1.54, 1.807) is 7.11 Å². The first-order chi connectivity index (χ1) is 9.10. The van der Waals surface area contributed by atoms with Crippen molar-refractivity contribution in [3.63, 3.8) is 0 Å². The molecule has 19 heavy (non-hydrogen) atoms. The zero-order chi connectivity index (χ0) is 14.3. The maximum atomic E-state index is 9.24. The molecule has 0 spiro atoms. The molecular formula is C14H23BrN2O2. The summed E-state index contributed by atoms with van der Waals surface area (Å²) in [6.07, 6.45) is 0. The topological polar surface area (TPSA) is 58.7 Å². The van der Waals surface area contributed by atoms with E-state index in [1.807, 2.05) is 19.1 Å². The molecule has 2 atom stereocenters. The molecule has 0 saturated carbocycles. The number of benzene rings is 1. The smallest absolute Gasteiger partial charge is 0.0589 e. The molecule has 0 aliphatic carbocycles. The molecule has 0 aromatic heterocycles. The predicted octanol–water partition coefficient (Wildman–Crippen LogP) is 1.78. The van der Waals surface area contributed by atoms with Crippen molar-refractivity contribution >= 4 is 15.9 Å². The average Bonchev–Trinajstić information content (AvgIpc) is 2.36. The van der Waals surface area contributed by atoms with E-state index in [-0.39, 0.29) is 18.7 Å². The number of nitrogens with two attached hydrogens (primary N) is 1. The average molecular weight is 331 g/mol. The Kier molecular flexibility index (Phi) is 7.56. The Morgan fingerprint density at radius 2 is 2.16 bits per heavy atom. The van der Waals surface area contributed by atoms with E-state index >= 15 is 0 Å². The highest BCUT2D eigenvalue weighted by Crippen LogP contribution is 2.25. The van der Waals surface area contributed by atoms with E-state index in [1.165, 1.54) is 0 Å². The van der Waals surface area contributed by atoms with E-state index in [0.29, 0.717) is 13.2 Å². The van der Waals surface area contributed by atoms with Gasteiger partial charge in [0.05, 0.1) is 13.2 Å². The largest absolute Gasteiger partial charge is 0.395 e. The van der Waals surface area contributed by atoms with Gasteiger partial charge in [-0.05, 0) is 24.6 Å². The first-order valence-corrected chi connectivity index (χ1v) is 7.24. The van der Waals surface area contributed by atoms with Crippen LogP contribution in [0, 0.1) is 0 Å². The molecule has 0 aliphatic heterocycles. The SMILES string of the molecule is COCCN(CCO)C(c1cccc(Br)c1)C(C)N. The third-order valence-electron chi connectivity index (χ3n) is 3.05. The Labute approximate surface area is 123 Å².